The first-order valence-corrected chi connectivity index (χ1v) is 7.69. The Morgan fingerprint density at radius 1 is 1.44 bits per heavy atom. The Kier molecular flexibility index (Phi) is 3.72. The summed E-state index contributed by atoms with van der Waals surface area (Å²) in [5, 5.41) is 43.0. The second-order valence-electron chi connectivity index (χ2n) is 6.79. The Morgan fingerprint density at radius 2 is 2.12 bits per heavy atom. The highest BCUT2D eigenvalue weighted by Crippen LogP contribution is 2.42. The minimum Gasteiger partial charge on any atom is -0.507 e. The average Bonchev–Trinajstić information content (AvgIpc) is 2.55. The van der Waals surface area contributed by atoms with Crippen LogP contribution in [0.25, 0.3) is 11.1 Å². The number of nitrogens with zero attached hydrogens (tertiary/aromatic N) is 3. The molecule has 0 atom stereocenters. The first-order valence-electron chi connectivity index (χ1n) is 7.69. The molecular formula is C17H17N5O3. The standard InChI is InChI=1S/C17H17N5O3/c1-17(2)8-20-16-14(22(24)25)13(10-5-3-4-6-12(10)23)11(7-18)15(19)21(16)9-17/h3-6,19-20,23H,8-9H2,1-2H3. The van der Waals surface area contributed by atoms with Gasteiger partial charge >= 0.3 is 5.69 Å². The number of nitro groups is 1. The largest absolute Gasteiger partial charge is 0.507 e. The summed E-state index contributed by atoms with van der Waals surface area (Å²) < 4.78 is 1.46. The van der Waals surface area contributed by atoms with Crippen molar-refractivity contribution < 1.29 is 10.0 Å². The van der Waals surface area contributed by atoms with E-state index in [4.69, 9.17) is 5.41 Å². The summed E-state index contributed by atoms with van der Waals surface area (Å²) in [6.45, 7) is 4.83. The molecule has 25 heavy (non-hydrogen) atoms. The van der Waals surface area contributed by atoms with E-state index >= 15 is 0 Å². The van der Waals surface area contributed by atoms with E-state index in [1.165, 1.54) is 16.7 Å². The number of pyridine rings is 1. The van der Waals surface area contributed by atoms with Crippen LogP contribution in [0.5, 0.6) is 5.75 Å². The molecule has 8 heteroatoms. The zero-order valence-electron chi connectivity index (χ0n) is 13.8. The minimum absolute atomic E-state index is 0.0333. The maximum atomic E-state index is 11.8. The monoisotopic (exact) mass is 339 g/mol. The van der Waals surface area contributed by atoms with Gasteiger partial charge in [-0.3, -0.25) is 15.5 Å². The lowest BCUT2D eigenvalue weighted by molar-refractivity contribution is -0.383. The Balaban J connectivity index is 2.47. The molecule has 0 spiro atoms. The van der Waals surface area contributed by atoms with E-state index in [9.17, 15) is 20.5 Å². The molecule has 0 radical (unpaired) electrons. The van der Waals surface area contributed by atoms with Crippen molar-refractivity contribution in [2.75, 3.05) is 11.9 Å². The number of hydrogen-bond acceptors (Lipinski definition) is 6. The van der Waals surface area contributed by atoms with Crippen LogP contribution >= 0.6 is 0 Å². The fraction of sp³-hybridized carbons (Fsp3) is 0.294. The zero-order chi connectivity index (χ0) is 18.4. The highest BCUT2D eigenvalue weighted by Gasteiger charge is 2.35. The number of aromatic hydroxyl groups is 1. The maximum Gasteiger partial charge on any atom is 0.318 e. The molecule has 2 aromatic rings. The van der Waals surface area contributed by atoms with Crippen molar-refractivity contribution in [1.82, 2.24) is 4.57 Å². The van der Waals surface area contributed by atoms with E-state index in [0.717, 1.165) is 0 Å². The van der Waals surface area contributed by atoms with Gasteiger partial charge in [-0.1, -0.05) is 32.0 Å². The van der Waals surface area contributed by atoms with Crippen molar-refractivity contribution in [2.24, 2.45) is 5.41 Å². The molecule has 3 N–H and O–H groups in total. The van der Waals surface area contributed by atoms with Crippen LogP contribution in [0.4, 0.5) is 11.5 Å². The summed E-state index contributed by atoms with van der Waals surface area (Å²) in [4.78, 5) is 11.2. The second-order valence-corrected chi connectivity index (χ2v) is 6.79. The summed E-state index contributed by atoms with van der Waals surface area (Å²) in [6.07, 6.45) is 0. The normalized spacial score (nSPS) is 14.9. The molecule has 0 aliphatic carbocycles. The molecule has 8 nitrogen and oxygen atoms in total. The number of anilines is 1. The van der Waals surface area contributed by atoms with Gasteiger partial charge in [-0.25, -0.2) is 0 Å². The van der Waals surface area contributed by atoms with Crippen LogP contribution in [0, 0.1) is 32.3 Å². The summed E-state index contributed by atoms with van der Waals surface area (Å²) in [5.41, 5.74) is -0.629. The first kappa shape index (κ1) is 16.5. The van der Waals surface area contributed by atoms with Crippen molar-refractivity contribution in [3.05, 3.63) is 45.4 Å². The number of para-hydroxylation sites is 1. The minimum atomic E-state index is -0.570. The number of phenolic OH excluding ortho intramolecular Hbond substituents is 1. The van der Waals surface area contributed by atoms with Gasteiger partial charge in [-0.05, 0) is 6.07 Å². The molecule has 0 bridgehead atoms. The molecule has 0 fully saturated rings. The van der Waals surface area contributed by atoms with Crippen LogP contribution in [0.2, 0.25) is 0 Å². The predicted octanol–water partition coefficient (Wildman–Crippen LogP) is 2.57. The van der Waals surface area contributed by atoms with E-state index in [1.807, 2.05) is 19.9 Å². The topological polar surface area (TPSA) is 128 Å². The quantitative estimate of drug-likeness (QED) is 0.572. The second kappa shape index (κ2) is 5.63. The Bertz CT molecular complexity index is 985. The van der Waals surface area contributed by atoms with Crippen LogP contribution in [0.3, 0.4) is 0 Å². The number of nitrogens with one attached hydrogen (secondary N) is 2. The molecule has 1 aromatic heterocycles. The van der Waals surface area contributed by atoms with E-state index < -0.39 is 4.92 Å². The molecule has 0 unspecified atom stereocenters. The predicted molar refractivity (Wildman–Crippen MR) is 91.0 cm³/mol. The number of fused-ring (bicyclic) bond motifs is 1. The number of nitriles is 1. The fourth-order valence-electron chi connectivity index (χ4n) is 3.11. The third-order valence-electron chi connectivity index (χ3n) is 4.28. The smallest absolute Gasteiger partial charge is 0.318 e. The Labute approximate surface area is 143 Å². The number of hydrogen-bond donors (Lipinski definition) is 3. The average molecular weight is 339 g/mol. The van der Waals surface area contributed by atoms with Gasteiger partial charge in [0, 0.05) is 24.1 Å². The zero-order valence-corrected chi connectivity index (χ0v) is 13.8. The van der Waals surface area contributed by atoms with Crippen molar-refractivity contribution >= 4 is 11.5 Å². The first-order chi connectivity index (χ1) is 11.8. The third-order valence-corrected chi connectivity index (χ3v) is 4.28. The molecule has 1 aromatic carbocycles. The summed E-state index contributed by atoms with van der Waals surface area (Å²) in [7, 11) is 0. The van der Waals surface area contributed by atoms with Crippen LogP contribution in [0.15, 0.2) is 24.3 Å². The maximum absolute atomic E-state index is 11.8. The van der Waals surface area contributed by atoms with Gasteiger partial charge in [-0.2, -0.15) is 5.26 Å². The fourth-order valence-corrected chi connectivity index (χ4v) is 3.11. The highest BCUT2D eigenvalue weighted by molar-refractivity contribution is 5.87. The van der Waals surface area contributed by atoms with Gasteiger partial charge in [0.25, 0.3) is 0 Å². The van der Waals surface area contributed by atoms with Gasteiger partial charge in [0.1, 0.15) is 22.9 Å². The van der Waals surface area contributed by atoms with Gasteiger partial charge in [0.05, 0.1) is 10.5 Å². The summed E-state index contributed by atoms with van der Waals surface area (Å²) in [6, 6.07) is 8.02. The number of aromatic nitrogens is 1. The molecule has 0 amide bonds. The van der Waals surface area contributed by atoms with E-state index in [-0.39, 0.29) is 44.8 Å². The molecule has 0 saturated heterocycles. The van der Waals surface area contributed by atoms with Crippen LogP contribution in [-0.4, -0.2) is 21.1 Å². The van der Waals surface area contributed by atoms with Gasteiger partial charge in [-0.15, -0.1) is 0 Å². The lowest BCUT2D eigenvalue weighted by atomic mass is 9.90. The third kappa shape index (κ3) is 2.59. The number of phenols is 1. The highest BCUT2D eigenvalue weighted by atomic mass is 16.6. The molecular weight excluding hydrogens is 322 g/mol. The molecule has 1 aliphatic rings. The van der Waals surface area contributed by atoms with E-state index in [0.29, 0.717) is 13.1 Å². The van der Waals surface area contributed by atoms with Gasteiger partial charge in [0.15, 0.2) is 5.82 Å². The number of benzene rings is 1. The van der Waals surface area contributed by atoms with Crippen molar-refractivity contribution in [1.29, 1.82) is 10.7 Å². The van der Waals surface area contributed by atoms with Gasteiger partial charge < -0.3 is 15.0 Å². The molecule has 128 valence electrons. The van der Waals surface area contributed by atoms with Gasteiger partial charge in [0.2, 0.25) is 0 Å². The Hall–Kier alpha value is -3.34. The van der Waals surface area contributed by atoms with E-state index in [1.54, 1.807) is 12.1 Å². The van der Waals surface area contributed by atoms with Crippen LogP contribution in [0.1, 0.15) is 19.4 Å². The molecule has 3 rings (SSSR count). The lowest BCUT2D eigenvalue weighted by Gasteiger charge is -2.34. The lowest BCUT2D eigenvalue weighted by Crippen LogP contribution is -2.41. The van der Waals surface area contributed by atoms with Crippen molar-refractivity contribution in [3.8, 4) is 22.9 Å². The summed E-state index contributed by atoms with van der Waals surface area (Å²) in [5.74, 6) is 0.00849. The Morgan fingerprint density at radius 3 is 2.72 bits per heavy atom. The summed E-state index contributed by atoms with van der Waals surface area (Å²) >= 11 is 0. The van der Waals surface area contributed by atoms with Crippen molar-refractivity contribution in [3.63, 3.8) is 0 Å². The van der Waals surface area contributed by atoms with Crippen LogP contribution < -0.4 is 10.8 Å². The van der Waals surface area contributed by atoms with E-state index in [2.05, 4.69) is 5.32 Å². The molecule has 0 saturated carbocycles. The SMILES string of the molecule is CC1(C)CNc2c([N+](=O)[O-])c(-c3ccccc3O)c(C#N)c(=N)n2C1. The molecule has 1 aliphatic heterocycles. The molecule has 2 heterocycles. The van der Waals surface area contributed by atoms with Crippen molar-refractivity contribution in [2.45, 2.75) is 20.4 Å². The number of rotatable bonds is 2. The van der Waals surface area contributed by atoms with Crippen LogP contribution in [-0.2, 0) is 6.54 Å².